The number of aromatic nitrogens is 2. The summed E-state index contributed by atoms with van der Waals surface area (Å²) in [4.78, 5) is 65.1. The Morgan fingerprint density at radius 1 is 0.381 bits per heavy atom. The van der Waals surface area contributed by atoms with Gasteiger partial charge in [0, 0.05) is 45.4 Å². The number of hydrogen-bond acceptors (Lipinski definition) is 6. The molecule has 2 aromatic heterocycles. The Hall–Kier alpha value is -6.02. The van der Waals surface area contributed by atoms with Crippen LogP contribution in [0, 0.1) is 0 Å². The lowest BCUT2D eigenvalue weighted by Gasteiger charge is -2.28. The van der Waals surface area contributed by atoms with Crippen LogP contribution in [-0.2, 0) is 0 Å². The molecule has 0 fully saturated rings. The van der Waals surface area contributed by atoms with E-state index in [9.17, 15) is 19.2 Å². The molecule has 2 aliphatic rings. The van der Waals surface area contributed by atoms with E-state index in [4.69, 9.17) is 0 Å². The van der Waals surface area contributed by atoms with Crippen LogP contribution in [0.2, 0.25) is 0 Å². The number of carbonyl (C=O) groups excluding carboxylic acids is 4. The first-order chi connectivity index (χ1) is 20.5. The number of anilines is 2. The molecule has 0 radical (unpaired) electrons. The van der Waals surface area contributed by atoms with Crippen LogP contribution in [0.25, 0.3) is 32.7 Å². The van der Waals surface area contributed by atoms with E-state index in [-0.39, 0.29) is 11.6 Å². The van der Waals surface area contributed by atoms with Crippen LogP contribution in [0.5, 0.6) is 0 Å². The summed E-state index contributed by atoms with van der Waals surface area (Å²) in [6.45, 7) is 0. The minimum atomic E-state index is -0.448. The Labute approximate surface area is 238 Å². The maximum absolute atomic E-state index is 13.6. The molecular formula is C34H18N4O4. The molecule has 0 aliphatic carbocycles. The topological polar surface area (TPSA) is 101 Å². The van der Waals surface area contributed by atoms with Gasteiger partial charge in [0.25, 0.3) is 23.6 Å². The predicted octanol–water partition coefficient (Wildman–Crippen LogP) is 6.05. The first-order valence-electron chi connectivity index (χ1n) is 13.3. The average molecular weight is 547 g/mol. The Kier molecular flexibility index (Phi) is 4.96. The first-order valence-corrected chi connectivity index (χ1v) is 13.3. The van der Waals surface area contributed by atoms with Crippen LogP contribution in [0.1, 0.15) is 41.4 Å². The van der Waals surface area contributed by atoms with Crippen molar-refractivity contribution in [3.05, 3.63) is 132 Å². The quantitative estimate of drug-likeness (QED) is 0.251. The van der Waals surface area contributed by atoms with Gasteiger partial charge in [0.2, 0.25) is 0 Å². The van der Waals surface area contributed by atoms with Gasteiger partial charge in [0.05, 0.1) is 0 Å². The normalized spacial score (nSPS) is 14.3. The van der Waals surface area contributed by atoms with Gasteiger partial charge in [0.15, 0.2) is 0 Å². The van der Waals surface area contributed by atoms with E-state index in [0.29, 0.717) is 33.0 Å². The molecule has 0 saturated heterocycles. The lowest BCUT2D eigenvalue weighted by molar-refractivity contribution is 0.0876. The second kappa shape index (κ2) is 8.74. The molecule has 0 bridgehead atoms. The van der Waals surface area contributed by atoms with Crippen molar-refractivity contribution < 1.29 is 19.2 Å². The molecule has 0 unspecified atom stereocenters. The number of nitrogens with zero attached hydrogens (tertiary/aromatic N) is 4. The smallest absolute Gasteiger partial charge is 0.267 e. The molecule has 0 N–H and O–H groups in total. The van der Waals surface area contributed by atoms with E-state index in [1.807, 2.05) is 24.3 Å². The van der Waals surface area contributed by atoms with Crippen LogP contribution in [0.4, 0.5) is 11.6 Å². The summed E-state index contributed by atoms with van der Waals surface area (Å²) in [5.74, 6) is -1.27. The minimum Gasteiger partial charge on any atom is -0.268 e. The summed E-state index contributed by atoms with van der Waals surface area (Å²) in [5.41, 5.74) is 3.14. The lowest BCUT2D eigenvalue weighted by Crippen LogP contribution is -2.41. The molecular weight excluding hydrogens is 528 g/mol. The molecule has 42 heavy (non-hydrogen) atoms. The molecule has 198 valence electrons. The molecule has 8 nitrogen and oxygen atoms in total. The van der Waals surface area contributed by atoms with Gasteiger partial charge in [-0.1, -0.05) is 48.5 Å². The standard InChI is InChI=1S/C34H18N4O4/c39-31-23-9-5-7-21-19(13-15-25(29(21)23)33(41)37(31)27-11-1-3-17-35-27)20-14-16-26-30-22(20)8-6-10-24(30)32(40)38(34(26)42)28-12-2-4-18-36-28/h1-18H. The van der Waals surface area contributed by atoms with E-state index in [1.54, 1.807) is 72.8 Å². The summed E-state index contributed by atoms with van der Waals surface area (Å²) in [5, 5.41) is 2.56. The Bertz CT molecular complexity index is 1980. The van der Waals surface area contributed by atoms with Crippen molar-refractivity contribution in [2.24, 2.45) is 0 Å². The summed E-state index contributed by atoms with van der Waals surface area (Å²) in [6, 6.07) is 28.1. The van der Waals surface area contributed by atoms with E-state index in [0.717, 1.165) is 31.7 Å². The van der Waals surface area contributed by atoms with Gasteiger partial charge in [-0.3, -0.25) is 19.2 Å². The zero-order valence-corrected chi connectivity index (χ0v) is 21.8. The Morgan fingerprint density at radius 2 is 0.762 bits per heavy atom. The molecule has 6 aromatic rings. The zero-order chi connectivity index (χ0) is 28.5. The van der Waals surface area contributed by atoms with Gasteiger partial charge >= 0.3 is 0 Å². The highest BCUT2D eigenvalue weighted by Crippen LogP contribution is 2.42. The van der Waals surface area contributed by atoms with Gasteiger partial charge in [0.1, 0.15) is 11.6 Å². The van der Waals surface area contributed by atoms with Crippen molar-refractivity contribution in [2.45, 2.75) is 0 Å². The second-order valence-electron chi connectivity index (χ2n) is 10.0. The van der Waals surface area contributed by atoms with Crippen LogP contribution < -0.4 is 9.80 Å². The van der Waals surface area contributed by atoms with Crippen molar-refractivity contribution in [3.8, 4) is 11.1 Å². The third-order valence-corrected chi connectivity index (χ3v) is 7.86. The predicted molar refractivity (Wildman–Crippen MR) is 158 cm³/mol. The van der Waals surface area contributed by atoms with Crippen molar-refractivity contribution in [1.82, 2.24) is 9.97 Å². The molecule has 0 atom stereocenters. The van der Waals surface area contributed by atoms with Crippen LogP contribution in [0.15, 0.2) is 109 Å². The largest absolute Gasteiger partial charge is 0.268 e. The number of hydrogen-bond donors (Lipinski definition) is 0. The number of benzene rings is 4. The summed E-state index contributed by atoms with van der Waals surface area (Å²) in [7, 11) is 0. The lowest BCUT2D eigenvalue weighted by atomic mass is 9.85. The minimum absolute atomic E-state index is 0.261. The number of rotatable bonds is 3. The first kappa shape index (κ1) is 23.8. The molecule has 4 amide bonds. The van der Waals surface area contributed by atoms with E-state index in [2.05, 4.69) is 9.97 Å². The number of imide groups is 2. The van der Waals surface area contributed by atoms with Gasteiger partial charge in [-0.2, -0.15) is 0 Å². The highest BCUT2D eigenvalue weighted by Gasteiger charge is 2.37. The molecule has 8 rings (SSSR count). The molecule has 2 aliphatic heterocycles. The Balaban J connectivity index is 1.33. The fraction of sp³-hybridized carbons (Fsp3) is 0. The maximum Gasteiger partial charge on any atom is 0.267 e. The third-order valence-electron chi connectivity index (χ3n) is 7.86. The van der Waals surface area contributed by atoms with Crippen LogP contribution in [0.3, 0.4) is 0 Å². The third kappa shape index (κ3) is 3.17. The molecule has 4 heterocycles. The second-order valence-corrected chi connectivity index (χ2v) is 10.0. The Morgan fingerprint density at radius 3 is 1.14 bits per heavy atom. The highest BCUT2D eigenvalue weighted by atomic mass is 16.2. The number of carbonyl (C=O) groups is 4. The monoisotopic (exact) mass is 546 g/mol. The van der Waals surface area contributed by atoms with Crippen molar-refractivity contribution in [3.63, 3.8) is 0 Å². The molecule has 0 saturated carbocycles. The van der Waals surface area contributed by atoms with Crippen LogP contribution >= 0.6 is 0 Å². The molecule has 0 spiro atoms. The molecule has 8 heteroatoms. The number of amides is 4. The average Bonchev–Trinajstić information content (AvgIpc) is 3.03. The fourth-order valence-corrected chi connectivity index (χ4v) is 6.05. The van der Waals surface area contributed by atoms with E-state index >= 15 is 0 Å². The highest BCUT2D eigenvalue weighted by molar-refractivity contribution is 6.38. The summed E-state index contributed by atoms with van der Waals surface area (Å²) < 4.78 is 0. The summed E-state index contributed by atoms with van der Waals surface area (Å²) in [6.07, 6.45) is 3.08. The van der Waals surface area contributed by atoms with Crippen molar-refractivity contribution in [1.29, 1.82) is 0 Å². The maximum atomic E-state index is 13.6. The van der Waals surface area contributed by atoms with Crippen molar-refractivity contribution >= 4 is 56.8 Å². The SMILES string of the molecule is O=C1c2cccc3c(-c4ccc5c6c(cccc46)C(=O)N(c4ccccn4)C5=O)ccc(c23)C(=O)N1c1ccccn1. The van der Waals surface area contributed by atoms with E-state index in [1.165, 1.54) is 12.4 Å². The number of pyridine rings is 2. The van der Waals surface area contributed by atoms with Gasteiger partial charge in [-0.15, -0.1) is 0 Å². The van der Waals surface area contributed by atoms with Crippen molar-refractivity contribution in [2.75, 3.05) is 9.80 Å². The van der Waals surface area contributed by atoms with Gasteiger partial charge in [-0.05, 0) is 70.4 Å². The fourth-order valence-electron chi connectivity index (χ4n) is 6.05. The van der Waals surface area contributed by atoms with Crippen LogP contribution in [-0.4, -0.2) is 33.6 Å². The summed E-state index contributed by atoms with van der Waals surface area (Å²) >= 11 is 0. The molecule has 4 aromatic carbocycles. The van der Waals surface area contributed by atoms with Gasteiger partial charge in [-0.25, -0.2) is 19.8 Å². The van der Waals surface area contributed by atoms with E-state index < -0.39 is 23.6 Å². The zero-order valence-electron chi connectivity index (χ0n) is 21.8. The van der Waals surface area contributed by atoms with Gasteiger partial charge < -0.3 is 0 Å².